The zero-order valence-corrected chi connectivity index (χ0v) is 19.0. The molecule has 0 aliphatic heterocycles. The van der Waals surface area contributed by atoms with Crippen molar-refractivity contribution in [3.8, 4) is 0 Å². The standard InChI is InChI=1S/C21H27N3O5S2/c1-13(31(28,29)23-20-16-9-5-3-8-15(16)12-19(20)25)24(30(2,26)27)21-17-10-6-4-7-14(17)11-18(21)22/h3-10,13,18-21,23,25H,11-12,22H2,1-2H3. The highest BCUT2D eigenvalue weighted by Gasteiger charge is 2.46. The van der Waals surface area contributed by atoms with Crippen molar-refractivity contribution >= 4 is 20.0 Å². The Morgan fingerprint density at radius 3 is 2.16 bits per heavy atom. The lowest BCUT2D eigenvalue weighted by Gasteiger charge is -2.35. The average Bonchev–Trinajstić information content (AvgIpc) is 3.17. The molecule has 4 N–H and O–H groups in total. The molecule has 0 fully saturated rings. The minimum Gasteiger partial charge on any atom is -0.391 e. The minimum absolute atomic E-state index is 0.328. The molecule has 5 unspecified atom stereocenters. The van der Waals surface area contributed by atoms with Crippen LogP contribution in [-0.2, 0) is 32.9 Å². The molecule has 0 heterocycles. The van der Waals surface area contributed by atoms with Gasteiger partial charge in [0.05, 0.1) is 24.4 Å². The van der Waals surface area contributed by atoms with Gasteiger partial charge in [-0.3, -0.25) is 0 Å². The second kappa shape index (κ2) is 7.95. The number of nitrogens with two attached hydrogens (primary N) is 1. The molecule has 0 saturated carbocycles. The number of fused-ring (bicyclic) bond motifs is 2. The molecule has 2 aromatic rings. The Hall–Kier alpha value is -1.82. The summed E-state index contributed by atoms with van der Waals surface area (Å²) in [6, 6.07) is 12.3. The van der Waals surface area contributed by atoms with Crippen molar-refractivity contribution in [1.82, 2.24) is 9.03 Å². The second-order valence-electron chi connectivity index (χ2n) is 8.31. The van der Waals surface area contributed by atoms with Crippen molar-refractivity contribution in [2.24, 2.45) is 5.73 Å². The fourth-order valence-corrected chi connectivity index (χ4v) is 8.03. The number of hydrogen-bond donors (Lipinski definition) is 3. The van der Waals surface area contributed by atoms with Gasteiger partial charge in [0.25, 0.3) is 0 Å². The maximum Gasteiger partial charge on any atom is 0.229 e. The Morgan fingerprint density at radius 2 is 1.55 bits per heavy atom. The summed E-state index contributed by atoms with van der Waals surface area (Å²) in [5.41, 5.74) is 9.48. The van der Waals surface area contributed by atoms with Gasteiger partial charge in [0.15, 0.2) is 0 Å². The van der Waals surface area contributed by atoms with E-state index in [0.717, 1.165) is 21.7 Å². The summed E-state index contributed by atoms with van der Waals surface area (Å²) in [6.45, 7) is 1.34. The SMILES string of the molecule is CC(N(C1c2ccccc2CC1N)S(C)(=O)=O)S(=O)(=O)NC1c2ccccc2CC1O. The van der Waals surface area contributed by atoms with Crippen LogP contribution >= 0.6 is 0 Å². The highest BCUT2D eigenvalue weighted by Crippen LogP contribution is 2.39. The average molecular weight is 466 g/mol. The molecular weight excluding hydrogens is 438 g/mol. The molecule has 0 saturated heterocycles. The van der Waals surface area contributed by atoms with Crippen molar-refractivity contribution < 1.29 is 21.9 Å². The summed E-state index contributed by atoms with van der Waals surface area (Å²) in [5.74, 6) is 0. The highest BCUT2D eigenvalue weighted by atomic mass is 32.2. The highest BCUT2D eigenvalue weighted by molar-refractivity contribution is 7.92. The molecule has 31 heavy (non-hydrogen) atoms. The second-order valence-corrected chi connectivity index (χ2v) is 12.2. The van der Waals surface area contributed by atoms with Crippen LogP contribution in [0.2, 0.25) is 0 Å². The maximum atomic E-state index is 13.3. The first-order chi connectivity index (χ1) is 14.5. The molecule has 2 aliphatic carbocycles. The molecule has 4 rings (SSSR count). The topological polar surface area (TPSA) is 130 Å². The van der Waals surface area contributed by atoms with E-state index in [-0.39, 0.29) is 0 Å². The molecular formula is C21H27N3O5S2. The van der Waals surface area contributed by atoms with Crippen LogP contribution in [0.25, 0.3) is 0 Å². The normalized spacial score (nSPS) is 26.6. The number of aliphatic hydroxyl groups is 1. The summed E-state index contributed by atoms with van der Waals surface area (Å²) in [4.78, 5) is 0. The van der Waals surface area contributed by atoms with Crippen molar-refractivity contribution in [3.05, 3.63) is 70.8 Å². The van der Waals surface area contributed by atoms with Crippen molar-refractivity contribution in [3.63, 3.8) is 0 Å². The van der Waals surface area contributed by atoms with Crippen molar-refractivity contribution in [2.75, 3.05) is 6.26 Å². The van der Waals surface area contributed by atoms with E-state index in [0.29, 0.717) is 24.0 Å². The van der Waals surface area contributed by atoms with E-state index in [1.807, 2.05) is 24.3 Å². The van der Waals surface area contributed by atoms with E-state index < -0.39 is 49.6 Å². The lowest BCUT2D eigenvalue weighted by atomic mass is 10.1. The predicted molar refractivity (Wildman–Crippen MR) is 118 cm³/mol. The quantitative estimate of drug-likeness (QED) is 0.579. The van der Waals surface area contributed by atoms with Crippen LogP contribution in [0, 0.1) is 0 Å². The Morgan fingerprint density at radius 1 is 1.00 bits per heavy atom. The van der Waals surface area contributed by atoms with Crippen LogP contribution in [-0.4, -0.2) is 50.0 Å². The van der Waals surface area contributed by atoms with E-state index >= 15 is 0 Å². The number of rotatable bonds is 6. The van der Waals surface area contributed by atoms with Gasteiger partial charge in [0, 0.05) is 12.5 Å². The molecule has 2 aliphatic rings. The van der Waals surface area contributed by atoms with Gasteiger partial charge in [-0.25, -0.2) is 21.6 Å². The van der Waals surface area contributed by atoms with Gasteiger partial charge in [-0.15, -0.1) is 0 Å². The first-order valence-electron chi connectivity index (χ1n) is 10.1. The third-order valence-electron chi connectivity index (χ3n) is 6.19. The van der Waals surface area contributed by atoms with E-state index in [2.05, 4.69) is 4.72 Å². The Kier molecular flexibility index (Phi) is 5.74. The van der Waals surface area contributed by atoms with Crippen LogP contribution in [0.4, 0.5) is 0 Å². The van der Waals surface area contributed by atoms with Crippen LogP contribution in [0.5, 0.6) is 0 Å². The lowest BCUT2D eigenvalue weighted by Crippen LogP contribution is -2.52. The third kappa shape index (κ3) is 4.04. The summed E-state index contributed by atoms with van der Waals surface area (Å²) < 4.78 is 55.8. The molecule has 0 bridgehead atoms. The van der Waals surface area contributed by atoms with Gasteiger partial charge >= 0.3 is 0 Å². The zero-order valence-electron chi connectivity index (χ0n) is 17.3. The molecule has 168 valence electrons. The monoisotopic (exact) mass is 465 g/mol. The zero-order chi connectivity index (χ0) is 22.6. The van der Waals surface area contributed by atoms with E-state index in [1.54, 1.807) is 24.3 Å². The van der Waals surface area contributed by atoms with E-state index in [1.165, 1.54) is 6.92 Å². The fraction of sp³-hybridized carbons (Fsp3) is 0.429. The molecule has 0 spiro atoms. The van der Waals surface area contributed by atoms with Gasteiger partial charge in [-0.2, -0.15) is 4.31 Å². The maximum absolute atomic E-state index is 13.3. The number of nitrogens with one attached hydrogen (secondary N) is 1. The predicted octanol–water partition coefficient (Wildman–Crippen LogP) is 0.796. The van der Waals surface area contributed by atoms with Crippen molar-refractivity contribution in [1.29, 1.82) is 0 Å². The minimum atomic E-state index is -4.18. The number of benzene rings is 2. The Bertz CT molecular complexity index is 1200. The van der Waals surface area contributed by atoms with Gasteiger partial charge in [0.1, 0.15) is 5.37 Å². The lowest BCUT2D eigenvalue weighted by molar-refractivity contribution is 0.151. The fourth-order valence-electron chi connectivity index (χ4n) is 4.76. The van der Waals surface area contributed by atoms with Gasteiger partial charge in [-0.05, 0) is 35.6 Å². The number of aliphatic hydroxyl groups excluding tert-OH is 1. The molecule has 0 radical (unpaired) electrons. The van der Waals surface area contributed by atoms with Crippen LogP contribution in [0.15, 0.2) is 48.5 Å². The van der Waals surface area contributed by atoms with E-state index in [4.69, 9.17) is 5.73 Å². The molecule has 10 heteroatoms. The summed E-state index contributed by atoms with van der Waals surface area (Å²) in [5, 5.41) is 9.03. The van der Waals surface area contributed by atoms with Gasteiger partial charge in [0.2, 0.25) is 20.0 Å². The molecule has 2 aromatic carbocycles. The Balaban J connectivity index is 1.69. The smallest absolute Gasteiger partial charge is 0.229 e. The third-order valence-corrected chi connectivity index (χ3v) is 9.35. The van der Waals surface area contributed by atoms with Crippen molar-refractivity contribution in [2.45, 2.75) is 49.4 Å². The van der Waals surface area contributed by atoms with Gasteiger partial charge < -0.3 is 10.8 Å². The number of sulfonamides is 2. The first kappa shape index (κ1) is 22.4. The molecule has 0 amide bonds. The van der Waals surface area contributed by atoms with Crippen LogP contribution in [0.1, 0.15) is 41.3 Å². The largest absolute Gasteiger partial charge is 0.391 e. The molecule has 0 aromatic heterocycles. The number of hydrogen-bond acceptors (Lipinski definition) is 6. The Labute approximate surface area is 183 Å². The summed E-state index contributed by atoms with van der Waals surface area (Å²) >= 11 is 0. The summed E-state index contributed by atoms with van der Waals surface area (Å²) in [7, 11) is -8.13. The molecule has 8 nitrogen and oxygen atoms in total. The van der Waals surface area contributed by atoms with E-state index in [9.17, 15) is 21.9 Å². The molecule has 5 atom stereocenters. The van der Waals surface area contributed by atoms with Gasteiger partial charge in [-0.1, -0.05) is 48.5 Å². The van der Waals surface area contributed by atoms with Crippen LogP contribution in [0.3, 0.4) is 0 Å². The first-order valence-corrected chi connectivity index (χ1v) is 13.5. The van der Waals surface area contributed by atoms with Crippen LogP contribution < -0.4 is 10.5 Å². The number of nitrogens with zero attached hydrogens (tertiary/aromatic N) is 1. The summed E-state index contributed by atoms with van der Waals surface area (Å²) in [6.07, 6.45) is 0.850.